The van der Waals surface area contributed by atoms with Gasteiger partial charge in [0.25, 0.3) is 0 Å². The lowest BCUT2D eigenvalue weighted by Gasteiger charge is -2.27. The predicted molar refractivity (Wildman–Crippen MR) is 82.4 cm³/mol. The molecule has 0 unspecified atom stereocenters. The van der Waals surface area contributed by atoms with Gasteiger partial charge >= 0.3 is 0 Å². The van der Waals surface area contributed by atoms with Crippen LogP contribution in [0.15, 0.2) is 30.5 Å². The van der Waals surface area contributed by atoms with Crippen LogP contribution in [0.1, 0.15) is 13.8 Å². The first-order chi connectivity index (χ1) is 9.49. The zero-order chi connectivity index (χ0) is 14.7. The van der Waals surface area contributed by atoms with Crippen molar-refractivity contribution in [2.75, 3.05) is 23.7 Å². The van der Waals surface area contributed by atoms with E-state index in [4.69, 9.17) is 11.5 Å². The number of carbonyl (C=O) groups excluding carboxylic acids is 1. The fraction of sp³-hybridized carbons (Fsp3) is 0.333. The molecule has 0 aliphatic rings. The zero-order valence-corrected chi connectivity index (χ0v) is 11.8. The number of aromatic nitrogens is 1. The number of nitrogens with zero attached hydrogens (tertiary/aromatic N) is 2. The molecule has 1 aromatic carbocycles. The lowest BCUT2D eigenvalue weighted by molar-refractivity contribution is -0.116. The zero-order valence-electron chi connectivity index (χ0n) is 11.8. The van der Waals surface area contributed by atoms with Crippen LogP contribution >= 0.6 is 0 Å². The van der Waals surface area contributed by atoms with Gasteiger partial charge in [0.15, 0.2) is 0 Å². The quantitative estimate of drug-likeness (QED) is 0.812. The number of rotatable bonds is 5. The number of nitrogen functional groups attached to an aromatic ring is 1. The monoisotopic (exact) mass is 272 g/mol. The summed E-state index contributed by atoms with van der Waals surface area (Å²) < 4.78 is 0. The molecule has 0 fully saturated rings. The maximum absolute atomic E-state index is 11.3. The van der Waals surface area contributed by atoms with E-state index in [9.17, 15) is 4.79 Å². The summed E-state index contributed by atoms with van der Waals surface area (Å²) in [5.41, 5.74) is 13.9. The van der Waals surface area contributed by atoms with Gasteiger partial charge in [-0.3, -0.25) is 9.78 Å². The van der Waals surface area contributed by atoms with Gasteiger partial charge in [-0.25, -0.2) is 0 Å². The number of carbonyl (C=O) groups is 1. The Balaban J connectivity index is 2.47. The minimum atomic E-state index is -0.365. The highest BCUT2D eigenvalue weighted by molar-refractivity contribution is 5.97. The summed E-state index contributed by atoms with van der Waals surface area (Å²) in [5.74, 6) is 0.0367. The highest BCUT2D eigenvalue weighted by Gasteiger charge is 2.15. The van der Waals surface area contributed by atoms with Gasteiger partial charge in [0.1, 0.15) is 0 Å². The number of anilines is 2. The van der Waals surface area contributed by atoms with Crippen LogP contribution in [0.2, 0.25) is 0 Å². The van der Waals surface area contributed by atoms with E-state index >= 15 is 0 Å². The Morgan fingerprint density at radius 1 is 1.35 bits per heavy atom. The van der Waals surface area contributed by atoms with Crippen LogP contribution in [0.3, 0.4) is 0 Å². The molecule has 0 saturated heterocycles. The molecule has 20 heavy (non-hydrogen) atoms. The van der Waals surface area contributed by atoms with Gasteiger partial charge in [-0.05, 0) is 30.2 Å². The van der Waals surface area contributed by atoms with Crippen molar-refractivity contribution < 1.29 is 4.79 Å². The smallest absolute Gasteiger partial charge is 0.236 e. The summed E-state index contributed by atoms with van der Waals surface area (Å²) >= 11 is 0. The molecule has 0 saturated carbocycles. The summed E-state index contributed by atoms with van der Waals surface area (Å²) in [4.78, 5) is 17.5. The van der Waals surface area contributed by atoms with Crippen molar-refractivity contribution in [1.82, 2.24) is 4.98 Å². The summed E-state index contributed by atoms with van der Waals surface area (Å²) in [7, 11) is 0. The van der Waals surface area contributed by atoms with Crippen molar-refractivity contribution >= 4 is 28.2 Å². The third-order valence-electron chi connectivity index (χ3n) is 3.08. The van der Waals surface area contributed by atoms with Crippen molar-refractivity contribution in [2.24, 2.45) is 11.7 Å². The summed E-state index contributed by atoms with van der Waals surface area (Å²) in [6.45, 7) is 5.06. The third-order valence-corrected chi connectivity index (χ3v) is 3.08. The average molecular weight is 272 g/mol. The van der Waals surface area contributed by atoms with Gasteiger partial charge in [0, 0.05) is 18.1 Å². The molecule has 4 N–H and O–H groups in total. The molecular formula is C15H20N4O. The normalized spacial score (nSPS) is 10.9. The number of amides is 1. The van der Waals surface area contributed by atoms with Crippen LogP contribution in [0.5, 0.6) is 0 Å². The van der Waals surface area contributed by atoms with E-state index in [0.717, 1.165) is 23.1 Å². The van der Waals surface area contributed by atoms with E-state index in [1.807, 2.05) is 29.2 Å². The lowest BCUT2D eigenvalue weighted by atomic mass is 10.1. The Labute approximate surface area is 118 Å². The van der Waals surface area contributed by atoms with Crippen LogP contribution in [-0.2, 0) is 4.79 Å². The van der Waals surface area contributed by atoms with Gasteiger partial charge < -0.3 is 16.4 Å². The second-order valence-electron chi connectivity index (χ2n) is 5.31. The molecule has 2 rings (SSSR count). The SMILES string of the molecule is CC(C)CN(CC(N)=O)c1ccc2ncccc2c1N. The first-order valence-electron chi connectivity index (χ1n) is 6.65. The highest BCUT2D eigenvalue weighted by Crippen LogP contribution is 2.30. The van der Waals surface area contributed by atoms with Crippen LogP contribution in [0.25, 0.3) is 10.9 Å². The molecule has 0 spiro atoms. The van der Waals surface area contributed by atoms with E-state index in [-0.39, 0.29) is 12.5 Å². The summed E-state index contributed by atoms with van der Waals surface area (Å²) in [6, 6.07) is 7.59. The van der Waals surface area contributed by atoms with Gasteiger partial charge in [0.05, 0.1) is 23.4 Å². The number of fused-ring (bicyclic) bond motifs is 1. The number of pyridine rings is 1. The van der Waals surface area contributed by atoms with Gasteiger partial charge in [-0.1, -0.05) is 13.8 Å². The fourth-order valence-electron chi connectivity index (χ4n) is 2.32. The van der Waals surface area contributed by atoms with Crippen LogP contribution in [0.4, 0.5) is 11.4 Å². The van der Waals surface area contributed by atoms with Crippen molar-refractivity contribution in [2.45, 2.75) is 13.8 Å². The second kappa shape index (κ2) is 5.77. The van der Waals surface area contributed by atoms with Crippen molar-refractivity contribution in [3.8, 4) is 0 Å². The average Bonchev–Trinajstić information content (AvgIpc) is 2.37. The second-order valence-corrected chi connectivity index (χ2v) is 5.31. The van der Waals surface area contributed by atoms with Crippen LogP contribution < -0.4 is 16.4 Å². The molecule has 0 aliphatic heterocycles. The number of benzene rings is 1. The highest BCUT2D eigenvalue weighted by atomic mass is 16.1. The molecule has 1 amide bonds. The molecule has 5 heteroatoms. The minimum absolute atomic E-state index is 0.161. The Kier molecular flexibility index (Phi) is 4.08. The topological polar surface area (TPSA) is 85.2 Å². The number of primary amides is 1. The van der Waals surface area contributed by atoms with Crippen molar-refractivity contribution in [3.05, 3.63) is 30.5 Å². The molecule has 1 aromatic heterocycles. The molecule has 0 aliphatic carbocycles. The van der Waals surface area contributed by atoms with Crippen molar-refractivity contribution in [3.63, 3.8) is 0 Å². The Hall–Kier alpha value is -2.30. The first kappa shape index (κ1) is 14.1. The Bertz CT molecular complexity index is 624. The molecule has 0 radical (unpaired) electrons. The Morgan fingerprint density at radius 2 is 2.10 bits per heavy atom. The number of hydrogen-bond donors (Lipinski definition) is 2. The van der Waals surface area contributed by atoms with Gasteiger partial charge in [-0.2, -0.15) is 0 Å². The molecule has 0 atom stereocenters. The van der Waals surface area contributed by atoms with Gasteiger partial charge in [-0.15, -0.1) is 0 Å². The molecular weight excluding hydrogens is 252 g/mol. The largest absolute Gasteiger partial charge is 0.396 e. The number of hydrogen-bond acceptors (Lipinski definition) is 4. The van der Waals surface area contributed by atoms with Crippen LogP contribution in [0, 0.1) is 5.92 Å². The van der Waals surface area contributed by atoms with E-state index in [1.165, 1.54) is 0 Å². The van der Waals surface area contributed by atoms with Gasteiger partial charge in [0.2, 0.25) is 5.91 Å². The van der Waals surface area contributed by atoms with E-state index in [0.29, 0.717) is 11.6 Å². The fourth-order valence-corrected chi connectivity index (χ4v) is 2.32. The first-order valence-corrected chi connectivity index (χ1v) is 6.65. The standard InChI is InChI=1S/C15H20N4O/c1-10(2)8-19(9-14(16)20)13-6-5-12-11(15(13)17)4-3-7-18-12/h3-7,10H,8-9,17H2,1-2H3,(H2,16,20). The maximum Gasteiger partial charge on any atom is 0.236 e. The predicted octanol–water partition coefficient (Wildman–Crippen LogP) is 1.76. The minimum Gasteiger partial charge on any atom is -0.396 e. The molecule has 1 heterocycles. The summed E-state index contributed by atoms with van der Waals surface area (Å²) in [6.07, 6.45) is 1.73. The molecule has 106 valence electrons. The number of nitrogens with two attached hydrogens (primary N) is 2. The molecule has 0 bridgehead atoms. The van der Waals surface area contributed by atoms with Crippen molar-refractivity contribution in [1.29, 1.82) is 0 Å². The summed E-state index contributed by atoms with van der Waals surface area (Å²) in [5, 5.41) is 0.892. The van der Waals surface area contributed by atoms with E-state index in [1.54, 1.807) is 6.20 Å². The molecule has 2 aromatic rings. The lowest BCUT2D eigenvalue weighted by Crippen LogP contribution is -2.36. The van der Waals surface area contributed by atoms with E-state index in [2.05, 4.69) is 18.8 Å². The third kappa shape index (κ3) is 2.99. The Morgan fingerprint density at radius 3 is 2.75 bits per heavy atom. The van der Waals surface area contributed by atoms with E-state index < -0.39 is 0 Å². The maximum atomic E-state index is 11.3. The molecule has 5 nitrogen and oxygen atoms in total. The van der Waals surface area contributed by atoms with Crippen LogP contribution in [-0.4, -0.2) is 24.0 Å².